The van der Waals surface area contributed by atoms with Crippen LogP contribution < -0.4 is 14.4 Å². The molecule has 0 amide bonds. The molecular formula is C25H25N5O3. The van der Waals surface area contributed by atoms with Crippen LogP contribution in [-0.2, 0) is 5.60 Å². The first-order valence-electron chi connectivity index (χ1n) is 10.8. The Morgan fingerprint density at radius 3 is 2.39 bits per heavy atom. The molecule has 33 heavy (non-hydrogen) atoms. The van der Waals surface area contributed by atoms with Gasteiger partial charge in [0.1, 0.15) is 11.4 Å². The van der Waals surface area contributed by atoms with Crippen molar-refractivity contribution in [2.45, 2.75) is 18.4 Å². The summed E-state index contributed by atoms with van der Waals surface area (Å²) < 4.78 is 10.8. The molecule has 3 aromatic heterocycles. The summed E-state index contributed by atoms with van der Waals surface area (Å²) in [5.41, 5.74) is 2.42. The molecule has 0 atom stereocenters. The van der Waals surface area contributed by atoms with Gasteiger partial charge >= 0.3 is 0 Å². The summed E-state index contributed by atoms with van der Waals surface area (Å²) in [5, 5.41) is 20.3. The van der Waals surface area contributed by atoms with E-state index in [1.807, 2.05) is 48.7 Å². The van der Waals surface area contributed by atoms with Crippen LogP contribution in [-0.4, -0.2) is 52.6 Å². The van der Waals surface area contributed by atoms with Gasteiger partial charge in [0.2, 0.25) is 0 Å². The summed E-state index contributed by atoms with van der Waals surface area (Å²) in [4.78, 5) is 11.3. The monoisotopic (exact) mass is 443 g/mol. The third-order valence-corrected chi connectivity index (χ3v) is 6.26. The van der Waals surface area contributed by atoms with E-state index in [-0.39, 0.29) is 0 Å². The summed E-state index contributed by atoms with van der Waals surface area (Å²) in [6, 6.07) is 13.4. The van der Waals surface area contributed by atoms with Gasteiger partial charge in [-0.3, -0.25) is 4.98 Å². The molecule has 4 heterocycles. The van der Waals surface area contributed by atoms with Gasteiger partial charge in [0.05, 0.1) is 31.6 Å². The van der Waals surface area contributed by atoms with Crippen LogP contribution in [0.15, 0.2) is 61.1 Å². The fraction of sp³-hybridized carbons (Fsp3) is 0.280. The number of nitrogens with zero attached hydrogens (tertiary/aromatic N) is 5. The average Bonchev–Trinajstić information content (AvgIpc) is 2.88. The number of methoxy groups -OCH3 is 2. The summed E-state index contributed by atoms with van der Waals surface area (Å²) in [6.07, 6.45) is 6.52. The number of piperidine rings is 1. The van der Waals surface area contributed by atoms with Gasteiger partial charge in [-0.25, -0.2) is 4.98 Å². The van der Waals surface area contributed by atoms with E-state index in [1.165, 1.54) is 0 Å². The van der Waals surface area contributed by atoms with Crippen molar-refractivity contribution in [3.63, 3.8) is 0 Å². The largest absolute Gasteiger partial charge is 0.493 e. The normalized spacial score (nSPS) is 15.4. The fourth-order valence-corrected chi connectivity index (χ4v) is 4.35. The van der Waals surface area contributed by atoms with E-state index < -0.39 is 5.60 Å². The maximum absolute atomic E-state index is 11.0. The highest BCUT2D eigenvalue weighted by Crippen LogP contribution is 2.36. The lowest BCUT2D eigenvalue weighted by Crippen LogP contribution is -2.43. The van der Waals surface area contributed by atoms with Crippen molar-refractivity contribution in [1.82, 2.24) is 20.2 Å². The number of benzene rings is 1. The minimum absolute atomic E-state index is 0.605. The molecule has 4 aromatic rings. The van der Waals surface area contributed by atoms with Crippen molar-refractivity contribution in [2.24, 2.45) is 0 Å². The van der Waals surface area contributed by atoms with E-state index in [0.29, 0.717) is 37.4 Å². The number of fused-ring (bicyclic) bond motifs is 1. The number of pyridine rings is 2. The Kier molecular flexibility index (Phi) is 5.51. The Morgan fingerprint density at radius 2 is 1.73 bits per heavy atom. The van der Waals surface area contributed by atoms with Gasteiger partial charge in [0.15, 0.2) is 11.5 Å². The fourth-order valence-electron chi connectivity index (χ4n) is 4.35. The van der Waals surface area contributed by atoms with E-state index in [9.17, 15) is 5.11 Å². The second-order valence-electron chi connectivity index (χ2n) is 8.12. The molecule has 1 aliphatic heterocycles. The van der Waals surface area contributed by atoms with Crippen LogP contribution in [0.25, 0.3) is 22.0 Å². The van der Waals surface area contributed by atoms with E-state index in [2.05, 4.69) is 20.1 Å². The molecule has 0 aliphatic carbocycles. The topological polar surface area (TPSA) is 93.5 Å². The van der Waals surface area contributed by atoms with E-state index >= 15 is 0 Å². The zero-order valence-electron chi connectivity index (χ0n) is 18.6. The van der Waals surface area contributed by atoms with Crippen LogP contribution >= 0.6 is 0 Å². The zero-order valence-corrected chi connectivity index (χ0v) is 18.6. The van der Waals surface area contributed by atoms with Crippen molar-refractivity contribution in [3.05, 3.63) is 66.7 Å². The Morgan fingerprint density at radius 1 is 0.939 bits per heavy atom. The molecule has 1 N–H and O–H groups in total. The Balaban J connectivity index is 1.38. The summed E-state index contributed by atoms with van der Waals surface area (Å²) in [5.74, 6) is 2.13. The van der Waals surface area contributed by atoms with Gasteiger partial charge < -0.3 is 19.5 Å². The van der Waals surface area contributed by atoms with Crippen LogP contribution in [0.2, 0.25) is 0 Å². The summed E-state index contributed by atoms with van der Waals surface area (Å²) in [7, 11) is 3.21. The van der Waals surface area contributed by atoms with E-state index in [0.717, 1.165) is 33.5 Å². The number of aliphatic hydroxyl groups is 1. The van der Waals surface area contributed by atoms with Gasteiger partial charge in [-0.2, -0.15) is 10.2 Å². The number of ether oxygens (including phenoxy) is 2. The van der Waals surface area contributed by atoms with Crippen molar-refractivity contribution < 1.29 is 14.6 Å². The van der Waals surface area contributed by atoms with Gasteiger partial charge in [-0.15, -0.1) is 0 Å². The van der Waals surface area contributed by atoms with Crippen LogP contribution in [0.5, 0.6) is 11.5 Å². The number of hydrogen-bond acceptors (Lipinski definition) is 8. The number of aromatic nitrogens is 4. The van der Waals surface area contributed by atoms with Crippen molar-refractivity contribution in [3.8, 4) is 22.6 Å². The van der Waals surface area contributed by atoms with Crippen LogP contribution in [0.3, 0.4) is 0 Å². The summed E-state index contributed by atoms with van der Waals surface area (Å²) in [6.45, 7) is 1.41. The molecule has 168 valence electrons. The lowest BCUT2D eigenvalue weighted by atomic mass is 9.88. The molecule has 1 saturated heterocycles. The van der Waals surface area contributed by atoms with Crippen LogP contribution in [0.1, 0.15) is 18.5 Å². The zero-order chi connectivity index (χ0) is 22.8. The molecule has 0 radical (unpaired) electrons. The molecule has 0 unspecified atom stereocenters. The number of rotatable bonds is 5. The number of anilines is 1. The minimum Gasteiger partial charge on any atom is -0.493 e. The first-order valence-corrected chi connectivity index (χ1v) is 10.8. The van der Waals surface area contributed by atoms with Crippen molar-refractivity contribution >= 4 is 16.7 Å². The van der Waals surface area contributed by atoms with E-state index in [1.54, 1.807) is 26.6 Å². The number of hydrogen-bond donors (Lipinski definition) is 1. The lowest BCUT2D eigenvalue weighted by molar-refractivity contribution is 0.00750. The Hall–Kier alpha value is -3.78. The van der Waals surface area contributed by atoms with Gasteiger partial charge in [0, 0.05) is 48.1 Å². The van der Waals surface area contributed by atoms with Crippen molar-refractivity contribution in [2.75, 3.05) is 32.2 Å². The van der Waals surface area contributed by atoms with E-state index in [4.69, 9.17) is 14.5 Å². The molecule has 0 bridgehead atoms. The quantitative estimate of drug-likeness (QED) is 0.500. The van der Waals surface area contributed by atoms with Gasteiger partial charge in [-0.1, -0.05) is 6.07 Å². The molecule has 1 aliphatic rings. The second kappa shape index (κ2) is 8.63. The van der Waals surface area contributed by atoms with Gasteiger partial charge in [0.25, 0.3) is 0 Å². The maximum atomic E-state index is 11.0. The SMILES string of the molecule is COc1cc2nncc(-c3ccc(N4CCC(O)(c5ccccn5)CC4)nc3)c2cc1OC. The summed E-state index contributed by atoms with van der Waals surface area (Å²) >= 11 is 0. The Labute approximate surface area is 191 Å². The standard InChI is InChI=1S/C25H25N5O3/c1-32-21-13-18-19(16-28-29-20(18)14-22(21)33-2)17-6-7-24(27-15-17)30-11-8-25(31,9-12-30)23-5-3-4-10-26-23/h3-7,10,13-16,31H,8-9,11-12H2,1-2H3. The Bertz CT molecular complexity index is 1260. The highest BCUT2D eigenvalue weighted by atomic mass is 16.5. The first kappa shape index (κ1) is 21.1. The maximum Gasteiger partial charge on any atom is 0.162 e. The molecule has 0 saturated carbocycles. The average molecular weight is 444 g/mol. The highest BCUT2D eigenvalue weighted by molar-refractivity contribution is 5.95. The molecule has 1 fully saturated rings. The molecule has 5 rings (SSSR count). The van der Waals surface area contributed by atoms with Crippen LogP contribution in [0, 0.1) is 0 Å². The third kappa shape index (κ3) is 3.93. The predicted molar refractivity (Wildman–Crippen MR) is 125 cm³/mol. The van der Waals surface area contributed by atoms with Crippen molar-refractivity contribution in [1.29, 1.82) is 0 Å². The molecule has 8 heteroatoms. The third-order valence-electron chi connectivity index (χ3n) is 6.26. The first-order chi connectivity index (χ1) is 16.1. The smallest absolute Gasteiger partial charge is 0.162 e. The van der Waals surface area contributed by atoms with Gasteiger partial charge in [-0.05, 0) is 43.2 Å². The van der Waals surface area contributed by atoms with Crippen LogP contribution in [0.4, 0.5) is 5.82 Å². The predicted octanol–water partition coefficient (Wildman–Crippen LogP) is 3.59. The molecular weight excluding hydrogens is 418 g/mol. The lowest BCUT2D eigenvalue weighted by Gasteiger charge is -2.38. The highest BCUT2D eigenvalue weighted by Gasteiger charge is 2.35. The molecule has 8 nitrogen and oxygen atoms in total. The molecule has 0 spiro atoms. The minimum atomic E-state index is -0.889. The molecule has 1 aromatic carbocycles. The second-order valence-corrected chi connectivity index (χ2v) is 8.12.